The minimum atomic E-state index is -0.874. The first-order valence-electron chi connectivity index (χ1n) is 7.14. The summed E-state index contributed by atoms with van der Waals surface area (Å²) in [6.45, 7) is 0.0923. The van der Waals surface area contributed by atoms with Crippen LogP contribution in [0.2, 0.25) is 0 Å². The number of halogens is 1. The highest BCUT2D eigenvalue weighted by Crippen LogP contribution is 2.08. The van der Waals surface area contributed by atoms with Crippen molar-refractivity contribution in [3.05, 3.63) is 35.9 Å². The summed E-state index contributed by atoms with van der Waals surface area (Å²) >= 11 is 3.06. The van der Waals surface area contributed by atoms with E-state index in [0.29, 0.717) is 0 Å². The van der Waals surface area contributed by atoms with E-state index in [1.807, 2.05) is 30.3 Å². The largest absolute Gasteiger partial charge is 0.596 e. The predicted molar refractivity (Wildman–Crippen MR) is 89.2 cm³/mol. The highest BCUT2D eigenvalue weighted by atomic mass is 79.9. The van der Waals surface area contributed by atoms with Gasteiger partial charge in [-0.15, -0.1) is 0 Å². The Balaban J connectivity index is 2.63. The normalized spacial score (nSPS) is 12.6. The summed E-state index contributed by atoms with van der Waals surface area (Å²) in [7, 11) is 3.27. The fourth-order valence-electron chi connectivity index (χ4n) is 1.75. The molecule has 0 spiro atoms. The summed E-state index contributed by atoms with van der Waals surface area (Å²) in [5, 5.41) is 11.8. The molecule has 1 aromatic rings. The Morgan fingerprint density at radius 3 is 2.52 bits per heavy atom. The molecule has 0 aliphatic carbocycles. The minimum Gasteiger partial charge on any atom is -0.596 e. The molecule has 1 atom stereocenters. The summed E-state index contributed by atoms with van der Waals surface area (Å²) in [5.41, 5.74) is 0.835. The number of ether oxygens (including phenoxy) is 1. The van der Waals surface area contributed by atoms with Gasteiger partial charge in [0.05, 0.1) is 5.33 Å². The van der Waals surface area contributed by atoms with E-state index < -0.39 is 12.1 Å². The van der Waals surface area contributed by atoms with Crippen LogP contribution in [0.25, 0.3) is 0 Å². The Morgan fingerprint density at radius 1 is 1.30 bits per heavy atom. The number of nitrogens with zero attached hydrogens (tertiary/aromatic N) is 2. The van der Waals surface area contributed by atoms with Crippen molar-refractivity contribution in [1.82, 2.24) is 4.90 Å². The highest BCUT2D eigenvalue weighted by Gasteiger charge is 2.18. The third kappa shape index (κ3) is 7.27. The zero-order valence-electron chi connectivity index (χ0n) is 13.2. The average Bonchev–Trinajstić information content (AvgIpc) is 2.56. The van der Waals surface area contributed by atoms with Crippen molar-refractivity contribution in [2.75, 3.05) is 19.4 Å². The zero-order valence-corrected chi connectivity index (χ0v) is 14.8. The monoisotopic (exact) mass is 383 g/mol. The van der Waals surface area contributed by atoms with Crippen molar-refractivity contribution in [2.24, 2.45) is 4.99 Å². The summed E-state index contributed by atoms with van der Waals surface area (Å²) in [6.07, 6.45) is -0.473. The number of hydrogen-bond donors (Lipinski definition) is 0. The van der Waals surface area contributed by atoms with Gasteiger partial charge in [0.15, 0.2) is 5.78 Å². The maximum atomic E-state index is 11.8. The topological polar surface area (TPSA) is 82.0 Å². The Kier molecular flexibility index (Phi) is 8.32. The van der Waals surface area contributed by atoms with Gasteiger partial charge in [-0.05, 0) is 12.0 Å². The van der Waals surface area contributed by atoms with Crippen LogP contribution in [-0.4, -0.2) is 48.1 Å². The maximum absolute atomic E-state index is 11.8. The highest BCUT2D eigenvalue weighted by molar-refractivity contribution is 9.09. The lowest BCUT2D eigenvalue weighted by Crippen LogP contribution is -2.30. The average molecular weight is 384 g/mol. The molecule has 7 heteroatoms. The molecular weight excluding hydrogens is 364 g/mol. The van der Waals surface area contributed by atoms with E-state index in [9.17, 15) is 14.7 Å². The third-order valence-electron chi connectivity index (χ3n) is 3.10. The number of amides is 1. The van der Waals surface area contributed by atoms with Crippen molar-refractivity contribution in [1.29, 1.82) is 0 Å². The smallest absolute Gasteiger partial charge is 0.222 e. The molecule has 6 nitrogen and oxygen atoms in total. The summed E-state index contributed by atoms with van der Waals surface area (Å²) in [5.74, 6) is -0.376. The molecule has 0 N–H and O–H groups in total. The Labute approximate surface area is 144 Å². The molecule has 23 heavy (non-hydrogen) atoms. The van der Waals surface area contributed by atoms with E-state index >= 15 is 0 Å². The molecule has 0 bridgehead atoms. The fraction of sp³-hybridized carbons (Fsp3) is 0.438. The molecule has 0 saturated heterocycles. The van der Waals surface area contributed by atoms with Crippen LogP contribution in [0.1, 0.15) is 18.4 Å². The van der Waals surface area contributed by atoms with Crippen LogP contribution in [-0.2, 0) is 20.9 Å². The lowest BCUT2D eigenvalue weighted by atomic mass is 10.1. The molecule has 0 aromatic heterocycles. The van der Waals surface area contributed by atoms with Crippen LogP contribution in [0, 0.1) is 0 Å². The Hall–Kier alpha value is -1.89. The van der Waals surface area contributed by atoms with Crippen molar-refractivity contribution in [2.45, 2.75) is 25.5 Å². The second kappa shape index (κ2) is 9.99. The molecule has 1 amide bonds. The molecule has 1 aromatic carbocycles. The maximum Gasteiger partial charge on any atom is 0.222 e. The van der Waals surface area contributed by atoms with Crippen molar-refractivity contribution >= 4 is 33.7 Å². The first-order valence-corrected chi connectivity index (χ1v) is 8.26. The fourth-order valence-corrected chi connectivity index (χ4v) is 2.13. The number of Topliss-reactive ketones (excluding diaryl/α,β-unsaturated/α-hetero) is 1. The number of ketones is 1. The van der Waals surface area contributed by atoms with Crippen LogP contribution in [0.15, 0.2) is 35.3 Å². The van der Waals surface area contributed by atoms with E-state index in [2.05, 4.69) is 20.9 Å². The van der Waals surface area contributed by atoms with Crippen LogP contribution < -0.4 is 5.11 Å². The first kappa shape index (κ1) is 19.2. The van der Waals surface area contributed by atoms with Gasteiger partial charge in [-0.2, -0.15) is 0 Å². The van der Waals surface area contributed by atoms with Gasteiger partial charge in [-0.1, -0.05) is 46.3 Å². The van der Waals surface area contributed by atoms with E-state index in [-0.39, 0.29) is 36.5 Å². The van der Waals surface area contributed by atoms with Crippen molar-refractivity contribution in [3.8, 4) is 0 Å². The van der Waals surface area contributed by atoms with E-state index in [0.717, 1.165) is 5.56 Å². The van der Waals surface area contributed by atoms with Gasteiger partial charge in [-0.3, -0.25) is 14.6 Å². The molecular formula is C16H20BrN2O4-. The second-order valence-electron chi connectivity index (χ2n) is 5.11. The SMILES string of the molecule is CN(C)C(=O)CCC(N=C([O-])OCc1ccccc1)C(=O)CBr. The lowest BCUT2D eigenvalue weighted by Gasteiger charge is -2.18. The van der Waals surface area contributed by atoms with Gasteiger partial charge >= 0.3 is 0 Å². The van der Waals surface area contributed by atoms with Crippen LogP contribution in [0.3, 0.4) is 0 Å². The van der Waals surface area contributed by atoms with Gasteiger partial charge < -0.3 is 14.7 Å². The van der Waals surface area contributed by atoms with Gasteiger partial charge in [0, 0.05) is 27.1 Å². The van der Waals surface area contributed by atoms with Crippen LogP contribution in [0.5, 0.6) is 0 Å². The standard InChI is InChI=1S/C16H21BrN2O4/c1-19(2)15(21)9-8-13(14(20)10-17)18-16(22)23-11-12-6-4-3-5-7-12/h3-7,13H,8-11H2,1-2H3,(H,18,22)/p-1. The second-order valence-corrected chi connectivity index (χ2v) is 5.67. The molecule has 0 saturated carbocycles. The van der Waals surface area contributed by atoms with Gasteiger partial charge in [0.25, 0.3) is 0 Å². The van der Waals surface area contributed by atoms with E-state index in [1.165, 1.54) is 4.90 Å². The van der Waals surface area contributed by atoms with Crippen LogP contribution >= 0.6 is 15.9 Å². The first-order chi connectivity index (χ1) is 10.9. The summed E-state index contributed by atoms with van der Waals surface area (Å²) < 4.78 is 5.04. The quantitative estimate of drug-likeness (QED) is 0.382. The number of carbonyl (C=O) groups excluding carboxylic acids is 2. The Morgan fingerprint density at radius 2 is 1.96 bits per heavy atom. The van der Waals surface area contributed by atoms with Crippen molar-refractivity contribution in [3.63, 3.8) is 0 Å². The molecule has 1 unspecified atom stereocenters. The van der Waals surface area contributed by atoms with E-state index in [1.54, 1.807) is 14.1 Å². The number of aliphatic imine (C=N–C) groups is 1. The van der Waals surface area contributed by atoms with E-state index in [4.69, 9.17) is 4.74 Å². The number of carbonyl (C=O) groups is 2. The summed E-state index contributed by atoms with van der Waals surface area (Å²) in [6, 6.07) is 8.31. The molecule has 0 radical (unpaired) electrons. The number of rotatable bonds is 8. The number of benzene rings is 1. The van der Waals surface area contributed by atoms with Gasteiger partial charge in [0.1, 0.15) is 12.1 Å². The van der Waals surface area contributed by atoms with Gasteiger partial charge in [-0.25, -0.2) is 0 Å². The van der Waals surface area contributed by atoms with Crippen molar-refractivity contribution < 1.29 is 19.4 Å². The molecule has 0 heterocycles. The summed E-state index contributed by atoms with van der Waals surface area (Å²) in [4.78, 5) is 28.6. The van der Waals surface area contributed by atoms with Gasteiger partial charge in [0.2, 0.25) is 5.91 Å². The predicted octanol–water partition coefficient (Wildman–Crippen LogP) is 1.12. The zero-order chi connectivity index (χ0) is 17.2. The molecule has 0 aliphatic heterocycles. The third-order valence-corrected chi connectivity index (χ3v) is 3.65. The lowest BCUT2D eigenvalue weighted by molar-refractivity contribution is -0.252. The van der Waals surface area contributed by atoms with Crippen LogP contribution in [0.4, 0.5) is 0 Å². The number of alkyl halides is 1. The molecule has 0 aliphatic rings. The molecule has 1 rings (SSSR count). The molecule has 126 valence electrons. The number of hydrogen-bond acceptors (Lipinski definition) is 5. The Bertz CT molecular complexity index is 546. The minimum absolute atomic E-state index is 0.0727. The molecule has 0 fully saturated rings.